The van der Waals surface area contributed by atoms with Gasteiger partial charge < -0.3 is 14.6 Å². The highest BCUT2D eigenvalue weighted by molar-refractivity contribution is 9.10. The lowest BCUT2D eigenvalue weighted by molar-refractivity contribution is -0.139. The summed E-state index contributed by atoms with van der Waals surface area (Å²) in [4.78, 5) is 37.6. The van der Waals surface area contributed by atoms with E-state index in [0.29, 0.717) is 10.0 Å². The van der Waals surface area contributed by atoms with E-state index in [1.54, 1.807) is 18.2 Å². The van der Waals surface area contributed by atoms with Crippen LogP contribution in [0.5, 0.6) is 11.5 Å². The molecular weight excluding hydrogens is 547 g/mol. The minimum Gasteiger partial charge on any atom is -0.493 e. The third kappa shape index (κ3) is 4.88. The van der Waals surface area contributed by atoms with Crippen molar-refractivity contribution in [1.82, 2.24) is 5.32 Å². The second kappa shape index (κ2) is 9.86. The van der Waals surface area contributed by atoms with Gasteiger partial charge in [0.25, 0.3) is 11.8 Å². The fraction of sp³-hybridized carbons (Fsp3) is 0.100. The molecule has 0 atom stereocenters. The zero-order valence-corrected chi connectivity index (χ0v) is 20.1. The number of hydrogen-bond acceptors (Lipinski definition) is 6. The number of methoxy groups -OCH3 is 1. The Balaban J connectivity index is 2.04. The number of halogens is 3. The number of anilines is 1. The van der Waals surface area contributed by atoms with Crippen LogP contribution in [0.2, 0.25) is 10.0 Å². The van der Waals surface area contributed by atoms with Gasteiger partial charge in [0.05, 0.1) is 22.8 Å². The number of aliphatic carboxylic acids is 1. The number of benzene rings is 2. The number of carbonyl (C=O) groups is 3. The third-order valence-corrected chi connectivity index (χ3v) is 5.99. The molecule has 2 amide bonds. The number of hydrogen-bond donors (Lipinski definition) is 2. The number of nitrogens with one attached hydrogen (secondary N) is 1. The molecule has 1 saturated heterocycles. The van der Waals surface area contributed by atoms with Gasteiger partial charge in [0, 0.05) is 4.47 Å². The molecule has 0 bridgehead atoms. The Morgan fingerprint density at radius 3 is 2.66 bits per heavy atom. The molecule has 3 rings (SSSR count). The van der Waals surface area contributed by atoms with Gasteiger partial charge in [-0.05, 0) is 48.1 Å². The van der Waals surface area contributed by atoms with Crippen LogP contribution in [-0.2, 0) is 14.4 Å². The fourth-order valence-electron chi connectivity index (χ4n) is 2.77. The molecule has 1 aliphatic rings. The van der Waals surface area contributed by atoms with Crippen LogP contribution in [-0.4, -0.2) is 41.7 Å². The van der Waals surface area contributed by atoms with E-state index in [1.165, 1.54) is 25.3 Å². The lowest BCUT2D eigenvalue weighted by Crippen LogP contribution is -2.54. The summed E-state index contributed by atoms with van der Waals surface area (Å²) in [7, 11) is 1.37. The van der Waals surface area contributed by atoms with E-state index in [2.05, 4.69) is 21.2 Å². The number of carbonyl (C=O) groups excluding carboxylic acids is 2. The van der Waals surface area contributed by atoms with Crippen LogP contribution in [0.1, 0.15) is 5.56 Å². The van der Waals surface area contributed by atoms with E-state index < -0.39 is 24.4 Å². The van der Waals surface area contributed by atoms with E-state index in [4.69, 9.17) is 50.0 Å². The third-order valence-electron chi connectivity index (χ3n) is 4.21. The fourth-order valence-corrected chi connectivity index (χ4v) is 3.86. The molecule has 0 saturated carbocycles. The summed E-state index contributed by atoms with van der Waals surface area (Å²) in [5, 5.41) is 11.4. The predicted octanol–water partition coefficient (Wildman–Crippen LogP) is 4.06. The van der Waals surface area contributed by atoms with Crippen LogP contribution in [0.15, 0.2) is 40.4 Å². The molecule has 1 aliphatic heterocycles. The smallest absolute Gasteiger partial charge is 0.341 e. The lowest BCUT2D eigenvalue weighted by atomic mass is 10.1. The first-order valence-electron chi connectivity index (χ1n) is 8.71. The Morgan fingerprint density at radius 1 is 1.28 bits per heavy atom. The first-order chi connectivity index (χ1) is 15.1. The molecule has 0 radical (unpaired) electrons. The SMILES string of the molecule is COc1cc(/C=C2\C(=O)NC(=S)N(c3cccc(Cl)c3Cl)C2=O)c(Br)cc1OCC(=O)O. The number of thiocarbonyl (C=S) groups is 1. The van der Waals surface area contributed by atoms with Gasteiger partial charge in [-0.15, -0.1) is 0 Å². The van der Waals surface area contributed by atoms with Crippen LogP contribution >= 0.6 is 51.3 Å². The first-order valence-corrected chi connectivity index (χ1v) is 10.7. The Labute approximate surface area is 205 Å². The standard InChI is InChI=1S/C20H13BrCl2N2O6S/c1-30-14-6-9(11(21)7-15(14)31-8-16(26)27)5-10-18(28)24-20(32)25(19(10)29)13-4-2-3-12(22)17(13)23/h2-7H,8H2,1H3,(H,26,27)(H,24,28,32)/b10-5+. The maximum atomic E-state index is 13.2. The van der Waals surface area contributed by atoms with E-state index in [0.717, 1.165) is 4.90 Å². The monoisotopic (exact) mass is 558 g/mol. The molecule has 2 N–H and O–H groups in total. The van der Waals surface area contributed by atoms with Crippen LogP contribution in [0, 0.1) is 0 Å². The van der Waals surface area contributed by atoms with Gasteiger partial charge in [0.15, 0.2) is 23.2 Å². The Hall–Kier alpha value is -2.66. The molecule has 0 aromatic heterocycles. The van der Waals surface area contributed by atoms with Gasteiger partial charge in [-0.3, -0.25) is 19.8 Å². The first kappa shape index (κ1) is 24.0. The maximum Gasteiger partial charge on any atom is 0.341 e. The highest BCUT2D eigenvalue weighted by Gasteiger charge is 2.36. The lowest BCUT2D eigenvalue weighted by Gasteiger charge is -2.29. The molecule has 0 spiro atoms. The average molecular weight is 560 g/mol. The average Bonchev–Trinajstić information content (AvgIpc) is 2.73. The minimum atomic E-state index is -1.16. The van der Waals surface area contributed by atoms with E-state index in [9.17, 15) is 14.4 Å². The van der Waals surface area contributed by atoms with Crippen LogP contribution < -0.4 is 19.7 Å². The summed E-state index contributed by atoms with van der Waals surface area (Å²) in [6.45, 7) is -0.572. The zero-order chi connectivity index (χ0) is 23.6. The molecule has 0 aliphatic carbocycles. The van der Waals surface area contributed by atoms with Crippen molar-refractivity contribution in [3.05, 3.63) is 56.0 Å². The summed E-state index contributed by atoms with van der Waals surface area (Å²) in [5.41, 5.74) is 0.388. The van der Waals surface area contributed by atoms with Crippen molar-refractivity contribution in [2.45, 2.75) is 0 Å². The van der Waals surface area contributed by atoms with Crippen molar-refractivity contribution in [2.24, 2.45) is 0 Å². The van der Waals surface area contributed by atoms with Crippen molar-refractivity contribution in [3.63, 3.8) is 0 Å². The molecule has 166 valence electrons. The number of ether oxygens (including phenoxy) is 2. The van der Waals surface area contributed by atoms with Crippen LogP contribution in [0.25, 0.3) is 6.08 Å². The number of amides is 2. The van der Waals surface area contributed by atoms with Crippen molar-refractivity contribution in [2.75, 3.05) is 18.6 Å². The molecule has 1 fully saturated rings. The summed E-state index contributed by atoms with van der Waals surface area (Å²) in [6.07, 6.45) is 1.33. The predicted molar refractivity (Wildman–Crippen MR) is 126 cm³/mol. The summed E-state index contributed by atoms with van der Waals surface area (Å²) < 4.78 is 10.9. The zero-order valence-electron chi connectivity index (χ0n) is 16.1. The van der Waals surface area contributed by atoms with Gasteiger partial charge in [0.1, 0.15) is 5.57 Å². The van der Waals surface area contributed by atoms with Crippen LogP contribution in [0.3, 0.4) is 0 Å². The highest BCUT2D eigenvalue weighted by Crippen LogP contribution is 2.37. The molecule has 12 heteroatoms. The van der Waals surface area contributed by atoms with Gasteiger partial charge in [-0.1, -0.05) is 45.2 Å². The second-order valence-corrected chi connectivity index (χ2v) is 8.26. The van der Waals surface area contributed by atoms with Crippen molar-refractivity contribution in [1.29, 1.82) is 0 Å². The molecule has 0 unspecified atom stereocenters. The van der Waals surface area contributed by atoms with Crippen molar-refractivity contribution < 1.29 is 29.0 Å². The molecule has 2 aromatic carbocycles. The Bertz CT molecular complexity index is 1190. The molecular formula is C20H13BrCl2N2O6S. The molecule has 2 aromatic rings. The van der Waals surface area contributed by atoms with Crippen molar-refractivity contribution in [3.8, 4) is 11.5 Å². The van der Waals surface area contributed by atoms with Crippen LogP contribution in [0.4, 0.5) is 5.69 Å². The summed E-state index contributed by atoms with van der Waals surface area (Å²) >= 11 is 20.8. The van der Waals surface area contributed by atoms with Gasteiger partial charge in [0.2, 0.25) is 0 Å². The van der Waals surface area contributed by atoms with E-state index in [1.807, 2.05) is 0 Å². The topological polar surface area (TPSA) is 105 Å². The maximum absolute atomic E-state index is 13.2. The number of carboxylic acid groups (broad SMARTS) is 1. The Morgan fingerprint density at radius 2 is 2.00 bits per heavy atom. The minimum absolute atomic E-state index is 0.100. The van der Waals surface area contributed by atoms with Gasteiger partial charge in [-0.2, -0.15) is 0 Å². The normalized spacial score (nSPS) is 15.1. The Kier molecular flexibility index (Phi) is 7.40. The molecule has 8 nitrogen and oxygen atoms in total. The van der Waals surface area contributed by atoms with E-state index in [-0.39, 0.29) is 37.9 Å². The molecule has 1 heterocycles. The number of nitrogens with zero attached hydrogens (tertiary/aromatic N) is 1. The van der Waals surface area contributed by atoms with E-state index >= 15 is 0 Å². The second-order valence-electron chi connectivity index (χ2n) is 6.24. The highest BCUT2D eigenvalue weighted by atomic mass is 79.9. The van der Waals surface area contributed by atoms with Crippen molar-refractivity contribution >= 4 is 86.0 Å². The summed E-state index contributed by atoms with van der Waals surface area (Å²) in [5.74, 6) is -2.20. The van der Waals surface area contributed by atoms with Gasteiger partial charge in [-0.25, -0.2) is 4.79 Å². The molecule has 32 heavy (non-hydrogen) atoms. The largest absolute Gasteiger partial charge is 0.493 e. The summed E-state index contributed by atoms with van der Waals surface area (Å²) in [6, 6.07) is 7.64. The number of rotatable bonds is 6. The number of carboxylic acids is 1. The quantitative estimate of drug-likeness (QED) is 0.312. The van der Waals surface area contributed by atoms with Gasteiger partial charge >= 0.3 is 5.97 Å².